The summed E-state index contributed by atoms with van der Waals surface area (Å²) >= 11 is 10.5. The zero-order valence-corrected chi connectivity index (χ0v) is 15.3. The molecule has 0 bridgehead atoms. The van der Waals surface area contributed by atoms with Crippen LogP contribution < -0.4 is 4.74 Å². The fourth-order valence-corrected chi connectivity index (χ4v) is 3.59. The minimum Gasteiger partial charge on any atom is -0.425 e. The summed E-state index contributed by atoms with van der Waals surface area (Å²) in [5, 5.41) is 2.96. The molecule has 0 saturated heterocycles. The number of benzene rings is 2. The van der Waals surface area contributed by atoms with Crippen molar-refractivity contribution >= 4 is 44.8 Å². The number of aromatic nitrogens is 1. The first-order chi connectivity index (χ1) is 11.5. The highest BCUT2D eigenvalue weighted by molar-refractivity contribution is 9.10. The molecule has 0 spiro atoms. The molecule has 7 heteroatoms. The molecule has 3 rings (SSSR count). The summed E-state index contributed by atoms with van der Waals surface area (Å²) in [7, 11) is 0. The normalized spacial score (nSPS) is 10.6. The number of carbonyl (C=O) groups excluding carboxylic acids is 1. The predicted molar refractivity (Wildman–Crippen MR) is 96.0 cm³/mol. The van der Waals surface area contributed by atoms with E-state index in [2.05, 4.69) is 20.9 Å². The third-order valence-electron chi connectivity index (χ3n) is 3.07. The van der Waals surface area contributed by atoms with Crippen molar-refractivity contribution in [1.82, 2.24) is 4.98 Å². The molecule has 0 N–H and O–H groups in total. The lowest BCUT2D eigenvalue weighted by Crippen LogP contribution is -2.11. The van der Waals surface area contributed by atoms with E-state index in [1.165, 1.54) is 23.5 Å². The molecule has 0 aliphatic heterocycles. The summed E-state index contributed by atoms with van der Waals surface area (Å²) in [6, 6.07) is 11.1. The average Bonchev–Trinajstić information content (AvgIpc) is 2.98. The summed E-state index contributed by atoms with van der Waals surface area (Å²) in [6.45, 7) is 0. The lowest BCUT2D eigenvalue weighted by molar-refractivity contribution is -0.133. The quantitative estimate of drug-likeness (QED) is 0.408. The number of rotatable bonds is 4. The first-order valence-corrected chi connectivity index (χ1v) is 8.92. The summed E-state index contributed by atoms with van der Waals surface area (Å²) in [4.78, 5) is 16.4. The first kappa shape index (κ1) is 17.1. The maximum absolute atomic E-state index is 13.3. The van der Waals surface area contributed by atoms with E-state index in [1.54, 1.807) is 35.7 Å². The molecule has 3 aromatic rings. The molecule has 0 saturated carbocycles. The van der Waals surface area contributed by atoms with Crippen molar-refractivity contribution in [2.24, 2.45) is 0 Å². The van der Waals surface area contributed by atoms with Gasteiger partial charge in [0.15, 0.2) is 0 Å². The second kappa shape index (κ2) is 7.42. The van der Waals surface area contributed by atoms with Crippen LogP contribution in [0, 0.1) is 5.82 Å². The second-order valence-corrected chi connectivity index (χ2v) is 7.03. The number of nitrogens with zero attached hydrogens (tertiary/aromatic N) is 1. The molecular formula is C17H10BrClFNO2S. The van der Waals surface area contributed by atoms with Crippen LogP contribution >= 0.6 is 38.9 Å². The molecule has 0 fully saturated rings. The molecular weight excluding hydrogens is 417 g/mol. The fraction of sp³-hybridized carbons (Fsp3) is 0.0588. The van der Waals surface area contributed by atoms with Crippen LogP contribution in [0.3, 0.4) is 0 Å². The summed E-state index contributed by atoms with van der Waals surface area (Å²) < 4.78 is 19.2. The van der Waals surface area contributed by atoms with E-state index in [9.17, 15) is 9.18 Å². The van der Waals surface area contributed by atoms with Gasteiger partial charge >= 0.3 is 5.97 Å². The van der Waals surface area contributed by atoms with Gasteiger partial charge in [-0.15, -0.1) is 11.3 Å². The number of ether oxygens (including phenoxy) is 1. The maximum Gasteiger partial charge on any atom is 0.317 e. The van der Waals surface area contributed by atoms with E-state index in [0.717, 1.165) is 0 Å². The van der Waals surface area contributed by atoms with Crippen LogP contribution in [0.25, 0.3) is 10.6 Å². The van der Waals surface area contributed by atoms with Gasteiger partial charge in [-0.1, -0.05) is 23.7 Å². The van der Waals surface area contributed by atoms with Crippen LogP contribution in [0.1, 0.15) is 5.69 Å². The first-order valence-electron chi connectivity index (χ1n) is 6.87. The van der Waals surface area contributed by atoms with Gasteiger partial charge in [-0.3, -0.25) is 4.79 Å². The fourth-order valence-electron chi connectivity index (χ4n) is 2.01. The Labute approximate surface area is 155 Å². The molecule has 1 aromatic heterocycles. The number of hydrogen-bond acceptors (Lipinski definition) is 4. The third kappa shape index (κ3) is 4.20. The van der Waals surface area contributed by atoms with Crippen molar-refractivity contribution in [3.63, 3.8) is 0 Å². The van der Waals surface area contributed by atoms with Crippen molar-refractivity contribution < 1.29 is 13.9 Å². The summed E-state index contributed by atoms with van der Waals surface area (Å²) in [5.41, 5.74) is 1.26. The average molecular weight is 427 g/mol. The highest BCUT2D eigenvalue weighted by Crippen LogP contribution is 2.29. The van der Waals surface area contributed by atoms with Crippen molar-refractivity contribution in [3.05, 3.63) is 68.9 Å². The number of esters is 1. The lowest BCUT2D eigenvalue weighted by atomic mass is 10.2. The number of hydrogen-bond donors (Lipinski definition) is 0. The molecule has 0 radical (unpaired) electrons. The van der Waals surface area contributed by atoms with Gasteiger partial charge in [0, 0.05) is 16.0 Å². The number of halogens is 3. The third-order valence-corrected chi connectivity index (χ3v) is 4.86. The van der Waals surface area contributed by atoms with E-state index < -0.39 is 5.97 Å². The highest BCUT2D eigenvalue weighted by atomic mass is 79.9. The molecule has 2 aromatic carbocycles. The van der Waals surface area contributed by atoms with Crippen LogP contribution in [0.2, 0.25) is 5.02 Å². The molecule has 0 aliphatic carbocycles. The van der Waals surface area contributed by atoms with Gasteiger partial charge in [0.1, 0.15) is 16.6 Å². The topological polar surface area (TPSA) is 39.2 Å². The van der Waals surface area contributed by atoms with Crippen molar-refractivity contribution in [2.75, 3.05) is 0 Å². The minimum absolute atomic E-state index is 0.0287. The van der Waals surface area contributed by atoms with Gasteiger partial charge in [-0.2, -0.15) is 0 Å². The predicted octanol–water partition coefficient (Wildman–Crippen LogP) is 5.51. The maximum atomic E-state index is 13.3. The molecule has 1 heterocycles. The van der Waals surface area contributed by atoms with Crippen LogP contribution in [-0.2, 0) is 11.2 Å². The summed E-state index contributed by atoms with van der Waals surface area (Å²) in [5.74, 6) is -0.365. The zero-order valence-electron chi connectivity index (χ0n) is 12.1. The van der Waals surface area contributed by atoms with Gasteiger partial charge in [0.2, 0.25) is 0 Å². The zero-order chi connectivity index (χ0) is 17.1. The Bertz CT molecular complexity index is 900. The monoisotopic (exact) mass is 425 g/mol. The van der Waals surface area contributed by atoms with E-state index in [1.807, 2.05) is 0 Å². The molecule has 122 valence electrons. The molecule has 0 unspecified atom stereocenters. The van der Waals surface area contributed by atoms with Crippen molar-refractivity contribution in [2.45, 2.75) is 6.42 Å². The minimum atomic E-state index is -0.436. The van der Waals surface area contributed by atoms with Crippen LogP contribution in [0.4, 0.5) is 4.39 Å². The highest BCUT2D eigenvalue weighted by Gasteiger charge is 2.13. The van der Waals surface area contributed by atoms with Gasteiger partial charge in [0.25, 0.3) is 0 Å². The van der Waals surface area contributed by atoms with E-state index in [-0.39, 0.29) is 12.2 Å². The Balaban J connectivity index is 1.69. The molecule has 0 aliphatic rings. The van der Waals surface area contributed by atoms with Crippen molar-refractivity contribution in [1.29, 1.82) is 0 Å². The Morgan fingerprint density at radius 3 is 2.88 bits per heavy atom. The molecule has 0 atom stereocenters. The Hall–Kier alpha value is -1.76. The summed E-state index contributed by atoms with van der Waals surface area (Å²) in [6.07, 6.45) is 0.0287. The van der Waals surface area contributed by atoms with Crippen LogP contribution in [-0.4, -0.2) is 11.0 Å². The SMILES string of the molecule is O=C(Cc1csc(-c2cccc(F)c2)n1)Oc1ccc(Cl)cc1Br. The van der Waals surface area contributed by atoms with Gasteiger partial charge in [0.05, 0.1) is 16.6 Å². The van der Waals surface area contributed by atoms with E-state index in [0.29, 0.717) is 31.5 Å². The van der Waals surface area contributed by atoms with Gasteiger partial charge in [-0.05, 0) is 46.3 Å². The Kier molecular flexibility index (Phi) is 5.28. The molecule has 0 amide bonds. The van der Waals surface area contributed by atoms with Gasteiger partial charge < -0.3 is 4.74 Å². The van der Waals surface area contributed by atoms with Gasteiger partial charge in [-0.25, -0.2) is 9.37 Å². The Morgan fingerprint density at radius 2 is 2.12 bits per heavy atom. The number of thiazole rings is 1. The molecule has 3 nitrogen and oxygen atoms in total. The smallest absolute Gasteiger partial charge is 0.317 e. The standard InChI is InChI=1S/C17H10BrClFNO2S/c18-14-7-11(19)4-5-15(14)23-16(22)8-13-9-24-17(21-13)10-2-1-3-12(20)6-10/h1-7,9H,8H2. The van der Waals surface area contributed by atoms with Crippen molar-refractivity contribution in [3.8, 4) is 16.3 Å². The number of carbonyl (C=O) groups is 1. The lowest BCUT2D eigenvalue weighted by Gasteiger charge is -2.05. The van der Waals surface area contributed by atoms with Crippen LogP contribution in [0.15, 0.2) is 52.3 Å². The van der Waals surface area contributed by atoms with Crippen LogP contribution in [0.5, 0.6) is 5.75 Å². The van der Waals surface area contributed by atoms with E-state index in [4.69, 9.17) is 16.3 Å². The Morgan fingerprint density at radius 1 is 1.29 bits per heavy atom. The van der Waals surface area contributed by atoms with E-state index >= 15 is 0 Å². The second-order valence-electron chi connectivity index (χ2n) is 4.88. The largest absolute Gasteiger partial charge is 0.425 e. The molecule has 24 heavy (non-hydrogen) atoms.